The van der Waals surface area contributed by atoms with Gasteiger partial charge in [0.15, 0.2) is 0 Å². The molecule has 0 spiro atoms. The molecule has 0 aliphatic rings. The highest BCUT2D eigenvalue weighted by atomic mass is 35.5. The highest BCUT2D eigenvalue weighted by Gasteiger charge is 2.28. The minimum absolute atomic E-state index is 0.470. The first kappa shape index (κ1) is 14.4. The lowest BCUT2D eigenvalue weighted by molar-refractivity contribution is 0.0602. The number of thiophene rings is 1. The van der Waals surface area contributed by atoms with Crippen LogP contribution >= 0.6 is 22.9 Å². The zero-order valence-corrected chi connectivity index (χ0v) is 12.8. The molecule has 0 amide bonds. The first-order valence-corrected chi connectivity index (χ1v) is 7.29. The number of aryl methyl sites for hydroxylation is 1. The standard InChI is InChI=1S/C15H17ClO2S/c1-10-6-7-19-14(10)15(2,17)9-11-8-12(16)4-5-13(11)18-3/h4-8,17H,9H2,1-3H3. The van der Waals surface area contributed by atoms with Gasteiger partial charge in [-0.3, -0.25) is 0 Å². The van der Waals surface area contributed by atoms with E-state index in [0.717, 1.165) is 21.8 Å². The molecule has 102 valence electrons. The van der Waals surface area contributed by atoms with Crippen LogP contribution in [0.5, 0.6) is 5.75 Å². The molecule has 0 aliphatic heterocycles. The summed E-state index contributed by atoms with van der Waals surface area (Å²) in [6, 6.07) is 7.48. The van der Waals surface area contributed by atoms with Crippen LogP contribution in [0.25, 0.3) is 0 Å². The van der Waals surface area contributed by atoms with E-state index in [9.17, 15) is 5.11 Å². The second-order valence-corrected chi connectivity index (χ2v) is 6.19. The Kier molecular flexibility index (Phi) is 4.19. The van der Waals surface area contributed by atoms with Crippen molar-refractivity contribution in [2.75, 3.05) is 7.11 Å². The Balaban J connectivity index is 2.35. The first-order chi connectivity index (χ1) is 8.94. The summed E-state index contributed by atoms with van der Waals surface area (Å²) in [6.45, 7) is 3.84. The lowest BCUT2D eigenvalue weighted by Crippen LogP contribution is -2.24. The topological polar surface area (TPSA) is 29.5 Å². The van der Waals surface area contributed by atoms with Crippen LogP contribution in [0.2, 0.25) is 5.02 Å². The van der Waals surface area contributed by atoms with Crippen LogP contribution in [-0.4, -0.2) is 12.2 Å². The van der Waals surface area contributed by atoms with Gasteiger partial charge in [-0.05, 0) is 54.6 Å². The van der Waals surface area contributed by atoms with E-state index in [0.29, 0.717) is 11.4 Å². The largest absolute Gasteiger partial charge is 0.496 e. The molecule has 0 saturated heterocycles. The molecule has 19 heavy (non-hydrogen) atoms. The van der Waals surface area contributed by atoms with E-state index in [1.807, 2.05) is 37.4 Å². The van der Waals surface area contributed by atoms with Gasteiger partial charge in [0, 0.05) is 16.3 Å². The van der Waals surface area contributed by atoms with Crippen LogP contribution in [0.4, 0.5) is 0 Å². The molecule has 1 unspecified atom stereocenters. The number of rotatable bonds is 4. The van der Waals surface area contributed by atoms with Gasteiger partial charge in [0.1, 0.15) is 11.4 Å². The number of hydrogen-bond donors (Lipinski definition) is 1. The van der Waals surface area contributed by atoms with Crippen LogP contribution in [0.3, 0.4) is 0 Å². The van der Waals surface area contributed by atoms with Crippen molar-refractivity contribution >= 4 is 22.9 Å². The van der Waals surface area contributed by atoms with Crippen molar-refractivity contribution in [2.45, 2.75) is 25.9 Å². The Hall–Kier alpha value is -1.03. The van der Waals surface area contributed by atoms with E-state index in [2.05, 4.69) is 0 Å². The summed E-state index contributed by atoms with van der Waals surface area (Å²) in [7, 11) is 1.62. The van der Waals surface area contributed by atoms with Crippen LogP contribution < -0.4 is 4.74 Å². The minimum atomic E-state index is -0.920. The van der Waals surface area contributed by atoms with Crippen molar-refractivity contribution in [3.63, 3.8) is 0 Å². The number of hydrogen-bond acceptors (Lipinski definition) is 3. The van der Waals surface area contributed by atoms with Crippen molar-refractivity contribution in [3.8, 4) is 5.75 Å². The van der Waals surface area contributed by atoms with Crippen molar-refractivity contribution in [1.82, 2.24) is 0 Å². The molecule has 0 radical (unpaired) electrons. The Morgan fingerprint density at radius 1 is 1.37 bits per heavy atom. The van der Waals surface area contributed by atoms with Crippen molar-refractivity contribution in [2.24, 2.45) is 0 Å². The summed E-state index contributed by atoms with van der Waals surface area (Å²) in [5.41, 5.74) is 1.10. The van der Waals surface area contributed by atoms with E-state index in [1.54, 1.807) is 24.5 Å². The molecule has 1 aromatic carbocycles. The third kappa shape index (κ3) is 3.11. The average Bonchev–Trinajstić information content (AvgIpc) is 2.76. The van der Waals surface area contributed by atoms with Crippen LogP contribution in [-0.2, 0) is 12.0 Å². The van der Waals surface area contributed by atoms with Gasteiger partial charge in [-0.15, -0.1) is 11.3 Å². The van der Waals surface area contributed by atoms with Crippen molar-refractivity contribution < 1.29 is 9.84 Å². The quantitative estimate of drug-likeness (QED) is 0.917. The fourth-order valence-corrected chi connectivity index (χ4v) is 3.44. The normalized spacial score (nSPS) is 14.2. The molecule has 2 nitrogen and oxygen atoms in total. The first-order valence-electron chi connectivity index (χ1n) is 6.03. The minimum Gasteiger partial charge on any atom is -0.496 e. The van der Waals surface area contributed by atoms with Gasteiger partial charge in [-0.2, -0.15) is 0 Å². The SMILES string of the molecule is COc1ccc(Cl)cc1CC(C)(O)c1sccc1C. The van der Waals surface area contributed by atoms with Crippen LogP contribution in [0.15, 0.2) is 29.6 Å². The lowest BCUT2D eigenvalue weighted by atomic mass is 9.92. The summed E-state index contributed by atoms with van der Waals surface area (Å²) in [5, 5.41) is 13.4. The number of methoxy groups -OCH3 is 1. The molecule has 0 bridgehead atoms. The van der Waals surface area contributed by atoms with Gasteiger partial charge in [-0.1, -0.05) is 11.6 Å². The van der Waals surface area contributed by atoms with Gasteiger partial charge in [0.05, 0.1) is 7.11 Å². The Morgan fingerprint density at radius 3 is 2.68 bits per heavy atom. The molecular formula is C15H17ClO2S. The maximum Gasteiger partial charge on any atom is 0.122 e. The van der Waals surface area contributed by atoms with Gasteiger partial charge in [0.25, 0.3) is 0 Å². The third-order valence-electron chi connectivity index (χ3n) is 3.13. The van der Waals surface area contributed by atoms with Crippen molar-refractivity contribution in [1.29, 1.82) is 0 Å². The van der Waals surface area contributed by atoms with E-state index in [1.165, 1.54) is 0 Å². The second kappa shape index (κ2) is 5.53. The number of benzene rings is 1. The Bertz CT molecular complexity index is 575. The molecule has 0 saturated carbocycles. The molecule has 0 fully saturated rings. The molecule has 1 atom stereocenters. The van der Waals surface area contributed by atoms with Gasteiger partial charge < -0.3 is 9.84 Å². The van der Waals surface area contributed by atoms with E-state index >= 15 is 0 Å². The number of ether oxygens (including phenoxy) is 1. The second-order valence-electron chi connectivity index (χ2n) is 4.84. The fourth-order valence-electron chi connectivity index (χ4n) is 2.26. The molecule has 0 aliphatic carbocycles. The number of halogens is 1. The Morgan fingerprint density at radius 2 is 2.11 bits per heavy atom. The highest BCUT2D eigenvalue weighted by Crippen LogP contribution is 2.35. The highest BCUT2D eigenvalue weighted by molar-refractivity contribution is 7.10. The van der Waals surface area contributed by atoms with Gasteiger partial charge in [0.2, 0.25) is 0 Å². The molecule has 2 aromatic rings. The lowest BCUT2D eigenvalue weighted by Gasteiger charge is -2.24. The molecular weight excluding hydrogens is 280 g/mol. The maximum atomic E-state index is 10.7. The predicted octanol–water partition coefficient (Wildman–Crippen LogP) is 4.17. The zero-order valence-electron chi connectivity index (χ0n) is 11.2. The van der Waals surface area contributed by atoms with E-state index in [4.69, 9.17) is 16.3 Å². The summed E-state index contributed by atoms with van der Waals surface area (Å²) in [5.74, 6) is 0.749. The fraction of sp³-hybridized carbons (Fsp3) is 0.333. The monoisotopic (exact) mass is 296 g/mol. The smallest absolute Gasteiger partial charge is 0.122 e. The van der Waals surface area contributed by atoms with Gasteiger partial charge in [-0.25, -0.2) is 0 Å². The maximum absolute atomic E-state index is 10.7. The van der Waals surface area contributed by atoms with Crippen LogP contribution in [0.1, 0.15) is 22.9 Å². The Labute approximate surface area is 122 Å². The molecule has 1 heterocycles. The average molecular weight is 297 g/mol. The predicted molar refractivity (Wildman–Crippen MR) is 80.3 cm³/mol. The molecule has 1 N–H and O–H groups in total. The molecule has 4 heteroatoms. The van der Waals surface area contributed by atoms with Crippen LogP contribution in [0, 0.1) is 6.92 Å². The zero-order chi connectivity index (χ0) is 14.0. The van der Waals surface area contributed by atoms with E-state index < -0.39 is 5.60 Å². The van der Waals surface area contributed by atoms with Crippen molar-refractivity contribution in [3.05, 3.63) is 50.7 Å². The summed E-state index contributed by atoms with van der Waals surface area (Å²) in [6.07, 6.45) is 0.470. The summed E-state index contributed by atoms with van der Waals surface area (Å²) >= 11 is 7.59. The number of aliphatic hydroxyl groups is 1. The summed E-state index contributed by atoms with van der Waals surface area (Å²) in [4.78, 5) is 0.981. The molecule has 2 rings (SSSR count). The third-order valence-corrected chi connectivity index (χ3v) is 4.63. The summed E-state index contributed by atoms with van der Waals surface area (Å²) < 4.78 is 5.33. The van der Waals surface area contributed by atoms with E-state index in [-0.39, 0.29) is 0 Å². The van der Waals surface area contributed by atoms with Gasteiger partial charge >= 0.3 is 0 Å². The molecule has 1 aromatic heterocycles.